The van der Waals surface area contributed by atoms with Gasteiger partial charge in [-0.25, -0.2) is 0 Å². The van der Waals surface area contributed by atoms with Crippen molar-refractivity contribution in [1.82, 2.24) is 14.8 Å². The van der Waals surface area contributed by atoms with Gasteiger partial charge in [0.2, 0.25) is 0 Å². The molecule has 0 bridgehead atoms. The van der Waals surface area contributed by atoms with Gasteiger partial charge in [0.25, 0.3) is 5.56 Å². The van der Waals surface area contributed by atoms with Crippen molar-refractivity contribution in [2.75, 3.05) is 58.3 Å². The molecular weight excluding hydrogens is 384 g/mol. The third-order valence-electron chi connectivity index (χ3n) is 5.61. The highest BCUT2D eigenvalue weighted by molar-refractivity contribution is 6.35. The minimum absolute atomic E-state index is 0.113. The molecule has 1 fully saturated rings. The molecule has 6 heteroatoms. The summed E-state index contributed by atoms with van der Waals surface area (Å²) in [5.41, 5.74) is 2.88. The maximum absolute atomic E-state index is 12.4. The molecule has 1 N–H and O–H groups in total. The van der Waals surface area contributed by atoms with Gasteiger partial charge in [0.15, 0.2) is 0 Å². The molecule has 0 atom stereocenters. The Hall–Kier alpha value is -2.34. The summed E-state index contributed by atoms with van der Waals surface area (Å²) in [4.78, 5) is 22.6. The predicted molar refractivity (Wildman–Crippen MR) is 122 cm³/mol. The van der Waals surface area contributed by atoms with E-state index >= 15 is 0 Å². The molecule has 1 aromatic heterocycles. The van der Waals surface area contributed by atoms with E-state index in [9.17, 15) is 4.79 Å². The van der Waals surface area contributed by atoms with Crippen molar-refractivity contribution in [3.05, 3.63) is 63.9 Å². The number of fused-ring (bicyclic) bond motifs is 1. The molecule has 0 radical (unpaired) electrons. The first kappa shape index (κ1) is 20.0. The second-order valence-electron chi connectivity index (χ2n) is 7.89. The second kappa shape index (κ2) is 8.57. The molecular formula is C23H27ClN4O. The van der Waals surface area contributed by atoms with Crippen LogP contribution in [0.2, 0.25) is 5.02 Å². The summed E-state index contributed by atoms with van der Waals surface area (Å²) in [6, 6.07) is 15.8. The van der Waals surface area contributed by atoms with Crippen LogP contribution in [0.25, 0.3) is 22.0 Å². The number of pyridine rings is 1. The number of likely N-dealkylation sites (N-methyl/N-ethyl adjacent to an activating group) is 1. The zero-order chi connectivity index (χ0) is 20.4. The number of anilines is 1. The number of benzene rings is 2. The Morgan fingerprint density at radius 3 is 2.41 bits per heavy atom. The average Bonchev–Trinajstić information content (AvgIpc) is 2.73. The Balaban J connectivity index is 1.48. The number of aromatic nitrogens is 1. The van der Waals surface area contributed by atoms with Gasteiger partial charge >= 0.3 is 0 Å². The molecule has 4 rings (SSSR count). The predicted octanol–water partition coefficient (Wildman–Crippen LogP) is 3.53. The number of hydrogen-bond acceptors (Lipinski definition) is 4. The molecule has 0 amide bonds. The number of nitrogens with zero attached hydrogens (tertiary/aromatic N) is 3. The van der Waals surface area contributed by atoms with Crippen LogP contribution in [0, 0.1) is 0 Å². The van der Waals surface area contributed by atoms with Crippen molar-refractivity contribution in [2.24, 2.45) is 0 Å². The summed E-state index contributed by atoms with van der Waals surface area (Å²) in [6.07, 6.45) is 0. The SMILES string of the molecule is CN(C)CCN1CCN(c2ccc(-c3cc4c(Cl)cccc4c(=O)[nH]3)cc2)CC1. The van der Waals surface area contributed by atoms with Gasteiger partial charge in [-0.1, -0.05) is 29.8 Å². The fourth-order valence-electron chi connectivity index (χ4n) is 3.83. The van der Waals surface area contributed by atoms with Gasteiger partial charge in [0, 0.05) is 66.4 Å². The number of aromatic amines is 1. The third kappa shape index (κ3) is 4.47. The smallest absolute Gasteiger partial charge is 0.256 e. The molecule has 152 valence electrons. The minimum atomic E-state index is -0.113. The summed E-state index contributed by atoms with van der Waals surface area (Å²) in [6.45, 7) is 6.48. The van der Waals surface area contributed by atoms with Crippen LogP contribution in [0.4, 0.5) is 5.69 Å². The Kier molecular flexibility index (Phi) is 5.90. The average molecular weight is 411 g/mol. The normalized spacial score (nSPS) is 15.4. The van der Waals surface area contributed by atoms with Crippen LogP contribution in [0.5, 0.6) is 0 Å². The standard InChI is InChI=1S/C23H27ClN4O/c1-26(2)10-11-27-12-14-28(15-13-27)18-8-6-17(7-9-18)22-16-20-19(23(29)25-22)4-3-5-21(20)24/h3-9,16H,10-15H2,1-2H3,(H,25,29). The first-order valence-electron chi connectivity index (χ1n) is 10.1. The van der Waals surface area contributed by atoms with E-state index in [-0.39, 0.29) is 5.56 Å². The van der Waals surface area contributed by atoms with Crippen molar-refractivity contribution in [3.63, 3.8) is 0 Å². The topological polar surface area (TPSA) is 42.6 Å². The van der Waals surface area contributed by atoms with E-state index in [4.69, 9.17) is 11.6 Å². The quantitative estimate of drug-likeness (QED) is 0.698. The van der Waals surface area contributed by atoms with E-state index in [1.807, 2.05) is 12.1 Å². The highest BCUT2D eigenvalue weighted by atomic mass is 35.5. The Morgan fingerprint density at radius 1 is 1.00 bits per heavy atom. The largest absolute Gasteiger partial charge is 0.369 e. The molecule has 29 heavy (non-hydrogen) atoms. The summed E-state index contributed by atoms with van der Waals surface area (Å²) >= 11 is 6.30. The van der Waals surface area contributed by atoms with Crippen molar-refractivity contribution in [2.45, 2.75) is 0 Å². The Bertz CT molecular complexity index is 1040. The summed E-state index contributed by atoms with van der Waals surface area (Å²) in [5, 5.41) is 1.99. The molecule has 1 saturated heterocycles. The Labute approximate surface area is 176 Å². The van der Waals surface area contributed by atoms with Crippen molar-refractivity contribution in [1.29, 1.82) is 0 Å². The second-order valence-corrected chi connectivity index (χ2v) is 8.30. The number of hydrogen-bond donors (Lipinski definition) is 1. The number of rotatable bonds is 5. The van der Waals surface area contributed by atoms with Gasteiger partial charge in [-0.05, 0) is 50.0 Å². The molecule has 1 aliphatic rings. The first-order valence-corrected chi connectivity index (χ1v) is 10.4. The number of nitrogens with one attached hydrogen (secondary N) is 1. The van der Waals surface area contributed by atoms with Crippen molar-refractivity contribution in [3.8, 4) is 11.3 Å². The van der Waals surface area contributed by atoms with E-state index in [1.165, 1.54) is 5.69 Å². The maximum atomic E-state index is 12.4. The van der Waals surface area contributed by atoms with Gasteiger partial charge in [-0.2, -0.15) is 0 Å². The van der Waals surface area contributed by atoms with Crippen molar-refractivity contribution >= 4 is 28.1 Å². The van der Waals surface area contributed by atoms with Gasteiger partial charge in [0.1, 0.15) is 0 Å². The highest BCUT2D eigenvalue weighted by Crippen LogP contribution is 2.27. The van der Waals surface area contributed by atoms with Crippen LogP contribution in [0.1, 0.15) is 0 Å². The third-order valence-corrected chi connectivity index (χ3v) is 5.94. The molecule has 5 nitrogen and oxygen atoms in total. The molecule has 2 aromatic carbocycles. The minimum Gasteiger partial charge on any atom is -0.369 e. The maximum Gasteiger partial charge on any atom is 0.256 e. The molecule has 0 saturated carbocycles. The van der Waals surface area contributed by atoms with Gasteiger partial charge in [-0.15, -0.1) is 0 Å². The number of piperazine rings is 1. The first-order chi connectivity index (χ1) is 14.0. The lowest BCUT2D eigenvalue weighted by atomic mass is 10.1. The van der Waals surface area contributed by atoms with E-state index in [0.29, 0.717) is 10.4 Å². The summed E-state index contributed by atoms with van der Waals surface area (Å²) < 4.78 is 0. The lowest BCUT2D eigenvalue weighted by Gasteiger charge is -2.36. The van der Waals surface area contributed by atoms with Crippen LogP contribution in [-0.2, 0) is 0 Å². The van der Waals surface area contributed by atoms with E-state index in [0.717, 1.165) is 55.9 Å². The zero-order valence-electron chi connectivity index (χ0n) is 17.0. The summed E-state index contributed by atoms with van der Waals surface area (Å²) in [7, 11) is 4.24. The number of halogens is 1. The van der Waals surface area contributed by atoms with Crippen molar-refractivity contribution < 1.29 is 0 Å². The molecule has 1 aliphatic heterocycles. The van der Waals surface area contributed by atoms with Crippen LogP contribution in [-0.4, -0.2) is 68.1 Å². The molecule has 0 spiro atoms. The van der Waals surface area contributed by atoms with Crippen LogP contribution < -0.4 is 10.5 Å². The van der Waals surface area contributed by atoms with Gasteiger partial charge in [-0.3, -0.25) is 9.69 Å². The summed E-state index contributed by atoms with van der Waals surface area (Å²) in [5.74, 6) is 0. The fraction of sp³-hybridized carbons (Fsp3) is 0.348. The van der Waals surface area contributed by atoms with Crippen LogP contribution in [0.15, 0.2) is 53.3 Å². The molecule has 0 aliphatic carbocycles. The zero-order valence-corrected chi connectivity index (χ0v) is 17.7. The molecule has 0 unspecified atom stereocenters. The highest BCUT2D eigenvalue weighted by Gasteiger charge is 2.17. The lowest BCUT2D eigenvalue weighted by molar-refractivity contribution is 0.229. The van der Waals surface area contributed by atoms with Gasteiger partial charge in [0.05, 0.1) is 0 Å². The van der Waals surface area contributed by atoms with E-state index < -0.39 is 0 Å². The van der Waals surface area contributed by atoms with E-state index in [2.05, 4.69) is 58.0 Å². The molecule has 2 heterocycles. The van der Waals surface area contributed by atoms with Crippen LogP contribution >= 0.6 is 11.6 Å². The van der Waals surface area contributed by atoms with Gasteiger partial charge < -0.3 is 14.8 Å². The number of H-pyrrole nitrogens is 1. The van der Waals surface area contributed by atoms with Crippen LogP contribution in [0.3, 0.4) is 0 Å². The molecule has 3 aromatic rings. The monoisotopic (exact) mass is 410 g/mol. The fourth-order valence-corrected chi connectivity index (χ4v) is 4.06. The Morgan fingerprint density at radius 2 is 1.72 bits per heavy atom. The lowest BCUT2D eigenvalue weighted by Crippen LogP contribution is -2.48. The van der Waals surface area contributed by atoms with E-state index in [1.54, 1.807) is 12.1 Å².